The van der Waals surface area contributed by atoms with Crippen LogP contribution < -0.4 is 15.8 Å². The molecule has 0 fully saturated rings. The van der Waals surface area contributed by atoms with Crippen LogP contribution in [0.1, 0.15) is 18.1 Å². The lowest BCUT2D eigenvalue weighted by molar-refractivity contribution is -0.159. The van der Waals surface area contributed by atoms with Crippen molar-refractivity contribution in [3.8, 4) is 16.9 Å². The maximum Gasteiger partial charge on any atom is 0.383 e. The van der Waals surface area contributed by atoms with Crippen LogP contribution in [-0.2, 0) is 22.7 Å². The molecule has 0 aliphatic carbocycles. The standard InChI is InChI=1S/C25H24F2N2O3/c1-17(28)23(30)25(26,27)24(31)29-15-18-10-12-20(13-11-18)21-8-5-9-22(14-21)32-16-19-6-3-2-4-7-19/h2-14,17H,15-16,28H2,1H3,(H,29,31). The van der Waals surface area contributed by atoms with E-state index >= 15 is 0 Å². The van der Waals surface area contributed by atoms with Crippen molar-refractivity contribution in [1.29, 1.82) is 0 Å². The van der Waals surface area contributed by atoms with E-state index < -0.39 is 23.7 Å². The summed E-state index contributed by atoms with van der Waals surface area (Å²) >= 11 is 0. The molecule has 166 valence electrons. The fourth-order valence-corrected chi connectivity index (χ4v) is 3.01. The molecule has 0 heterocycles. The van der Waals surface area contributed by atoms with Gasteiger partial charge >= 0.3 is 5.92 Å². The van der Waals surface area contributed by atoms with Crippen molar-refractivity contribution in [3.63, 3.8) is 0 Å². The molecule has 1 amide bonds. The highest BCUT2D eigenvalue weighted by atomic mass is 19.3. The first-order valence-electron chi connectivity index (χ1n) is 10.1. The molecule has 0 spiro atoms. The van der Waals surface area contributed by atoms with E-state index in [9.17, 15) is 18.4 Å². The number of Topliss-reactive ketones (excluding diaryl/α,β-unsaturated/α-hetero) is 1. The second kappa shape index (κ2) is 10.2. The number of halogens is 2. The lowest BCUT2D eigenvalue weighted by Crippen LogP contribution is -2.51. The maximum absolute atomic E-state index is 13.8. The third kappa shape index (κ3) is 5.76. The van der Waals surface area contributed by atoms with Gasteiger partial charge in [0.05, 0.1) is 6.04 Å². The summed E-state index contributed by atoms with van der Waals surface area (Å²) in [5.74, 6) is -6.70. The minimum Gasteiger partial charge on any atom is -0.489 e. The Morgan fingerprint density at radius 3 is 2.28 bits per heavy atom. The average molecular weight is 438 g/mol. The lowest BCUT2D eigenvalue weighted by Gasteiger charge is -2.16. The van der Waals surface area contributed by atoms with E-state index in [-0.39, 0.29) is 6.54 Å². The van der Waals surface area contributed by atoms with Crippen LogP contribution in [0.25, 0.3) is 11.1 Å². The molecule has 3 aromatic carbocycles. The van der Waals surface area contributed by atoms with E-state index in [0.29, 0.717) is 12.2 Å². The molecule has 0 saturated carbocycles. The Labute approximate surface area is 185 Å². The largest absolute Gasteiger partial charge is 0.489 e. The van der Waals surface area contributed by atoms with E-state index in [1.807, 2.05) is 66.7 Å². The highest BCUT2D eigenvalue weighted by Gasteiger charge is 2.48. The second-order valence-corrected chi connectivity index (χ2v) is 7.41. The number of nitrogens with two attached hydrogens (primary N) is 1. The van der Waals surface area contributed by atoms with Gasteiger partial charge in [0.15, 0.2) is 0 Å². The number of nitrogens with one attached hydrogen (secondary N) is 1. The number of ether oxygens (including phenoxy) is 1. The molecular weight excluding hydrogens is 414 g/mol. The topological polar surface area (TPSA) is 81.4 Å². The highest BCUT2D eigenvalue weighted by Crippen LogP contribution is 2.25. The number of carbonyl (C=O) groups excluding carboxylic acids is 2. The first-order valence-corrected chi connectivity index (χ1v) is 10.1. The molecule has 0 radical (unpaired) electrons. The number of carbonyl (C=O) groups is 2. The predicted molar refractivity (Wildman–Crippen MR) is 118 cm³/mol. The normalized spacial score (nSPS) is 12.1. The Morgan fingerprint density at radius 2 is 1.62 bits per heavy atom. The molecule has 0 aliphatic heterocycles. The van der Waals surface area contributed by atoms with Crippen molar-refractivity contribution in [3.05, 3.63) is 90.0 Å². The van der Waals surface area contributed by atoms with Crippen molar-refractivity contribution in [2.45, 2.75) is 32.0 Å². The summed E-state index contributed by atoms with van der Waals surface area (Å²) in [5.41, 5.74) is 8.70. The summed E-state index contributed by atoms with van der Waals surface area (Å²) in [6.45, 7) is 1.43. The van der Waals surface area contributed by atoms with Gasteiger partial charge in [-0.1, -0.05) is 66.7 Å². The van der Waals surface area contributed by atoms with Gasteiger partial charge in [-0.3, -0.25) is 9.59 Å². The van der Waals surface area contributed by atoms with Gasteiger partial charge in [-0.25, -0.2) is 0 Å². The summed E-state index contributed by atoms with van der Waals surface area (Å²) in [5, 5.41) is 2.09. The number of ketones is 1. The van der Waals surface area contributed by atoms with Gasteiger partial charge in [0, 0.05) is 6.54 Å². The first kappa shape index (κ1) is 23.1. The number of hydrogen-bond acceptors (Lipinski definition) is 4. The predicted octanol–water partition coefficient (Wildman–Crippen LogP) is 4.10. The van der Waals surface area contributed by atoms with Crippen LogP contribution in [0.3, 0.4) is 0 Å². The van der Waals surface area contributed by atoms with Gasteiger partial charge in [0.25, 0.3) is 5.91 Å². The summed E-state index contributed by atoms with van der Waals surface area (Å²) in [6.07, 6.45) is 0. The van der Waals surface area contributed by atoms with Crippen LogP contribution in [0.15, 0.2) is 78.9 Å². The Hall–Kier alpha value is -3.58. The number of amides is 1. The fraction of sp³-hybridized carbons (Fsp3) is 0.200. The van der Waals surface area contributed by atoms with Crippen molar-refractivity contribution in [1.82, 2.24) is 5.32 Å². The van der Waals surface area contributed by atoms with Crippen molar-refractivity contribution >= 4 is 11.7 Å². The number of rotatable bonds is 9. The molecule has 5 nitrogen and oxygen atoms in total. The quantitative estimate of drug-likeness (QED) is 0.493. The molecule has 0 saturated heterocycles. The van der Waals surface area contributed by atoms with Crippen LogP contribution in [0.4, 0.5) is 8.78 Å². The van der Waals surface area contributed by atoms with Gasteiger partial charge in [0.1, 0.15) is 12.4 Å². The molecule has 7 heteroatoms. The summed E-state index contributed by atoms with van der Waals surface area (Å²) in [6, 6.07) is 23.1. The fourth-order valence-electron chi connectivity index (χ4n) is 3.01. The van der Waals surface area contributed by atoms with Crippen LogP contribution in [0.5, 0.6) is 5.75 Å². The van der Waals surface area contributed by atoms with Crippen molar-refractivity contribution < 1.29 is 23.1 Å². The highest BCUT2D eigenvalue weighted by molar-refractivity contribution is 6.09. The molecule has 0 aromatic heterocycles. The molecule has 3 N–H and O–H groups in total. The Bertz CT molecular complexity index is 1070. The second-order valence-electron chi connectivity index (χ2n) is 7.41. The zero-order valence-electron chi connectivity index (χ0n) is 17.6. The van der Waals surface area contributed by atoms with Crippen LogP contribution in [-0.4, -0.2) is 23.7 Å². The molecule has 32 heavy (non-hydrogen) atoms. The van der Waals surface area contributed by atoms with Gasteiger partial charge in [-0.05, 0) is 41.3 Å². The van der Waals surface area contributed by atoms with Gasteiger partial charge in [-0.2, -0.15) is 8.78 Å². The minimum absolute atomic E-state index is 0.138. The van der Waals surface area contributed by atoms with Crippen LogP contribution in [0.2, 0.25) is 0 Å². The molecule has 1 atom stereocenters. The SMILES string of the molecule is CC(N)C(=O)C(F)(F)C(=O)NCc1ccc(-c2cccc(OCc3ccccc3)c2)cc1. The third-order valence-electron chi connectivity index (χ3n) is 4.83. The molecule has 3 aromatic rings. The first-order chi connectivity index (χ1) is 15.3. The molecule has 0 aliphatic rings. The Morgan fingerprint density at radius 1 is 0.938 bits per heavy atom. The zero-order chi connectivity index (χ0) is 23.1. The lowest BCUT2D eigenvalue weighted by atomic mass is 10.0. The Balaban J connectivity index is 1.61. The number of benzene rings is 3. The third-order valence-corrected chi connectivity index (χ3v) is 4.83. The minimum atomic E-state index is -4.16. The van der Waals surface area contributed by atoms with E-state index in [1.165, 1.54) is 0 Å². The summed E-state index contributed by atoms with van der Waals surface area (Å²) in [7, 11) is 0. The van der Waals surface area contributed by atoms with Gasteiger partial charge in [-0.15, -0.1) is 0 Å². The van der Waals surface area contributed by atoms with E-state index in [4.69, 9.17) is 10.5 Å². The summed E-state index contributed by atoms with van der Waals surface area (Å²) < 4.78 is 33.5. The van der Waals surface area contributed by atoms with E-state index in [0.717, 1.165) is 29.4 Å². The maximum atomic E-state index is 13.8. The zero-order valence-corrected chi connectivity index (χ0v) is 17.6. The number of hydrogen-bond donors (Lipinski definition) is 2. The van der Waals surface area contributed by atoms with Crippen molar-refractivity contribution in [2.75, 3.05) is 0 Å². The number of alkyl halides is 2. The molecule has 1 unspecified atom stereocenters. The van der Waals surface area contributed by atoms with Crippen LogP contribution in [0, 0.1) is 0 Å². The smallest absolute Gasteiger partial charge is 0.383 e. The van der Waals surface area contributed by atoms with E-state index in [1.54, 1.807) is 12.1 Å². The van der Waals surface area contributed by atoms with E-state index in [2.05, 4.69) is 5.32 Å². The van der Waals surface area contributed by atoms with Crippen molar-refractivity contribution in [2.24, 2.45) is 5.73 Å². The molecule has 3 rings (SSSR count). The van der Waals surface area contributed by atoms with Gasteiger partial charge in [0.2, 0.25) is 5.78 Å². The van der Waals surface area contributed by atoms with Gasteiger partial charge < -0.3 is 15.8 Å². The average Bonchev–Trinajstić information content (AvgIpc) is 2.81. The van der Waals surface area contributed by atoms with Crippen LogP contribution >= 0.6 is 0 Å². The summed E-state index contributed by atoms with van der Waals surface area (Å²) in [4.78, 5) is 23.2. The molecule has 0 bridgehead atoms. The molecular formula is C25H24F2N2O3. The monoisotopic (exact) mass is 438 g/mol. The Kier molecular flexibility index (Phi) is 7.33.